The van der Waals surface area contributed by atoms with Crippen LogP contribution in [0.2, 0.25) is 0 Å². The SMILES string of the molecule is COCc1ccc(CNC(C)(C)C(N)=O)cc1. The van der Waals surface area contributed by atoms with Crippen LogP contribution >= 0.6 is 0 Å². The number of amides is 1. The Morgan fingerprint density at radius 3 is 2.29 bits per heavy atom. The molecule has 0 atom stereocenters. The average Bonchev–Trinajstić information content (AvgIpc) is 2.28. The van der Waals surface area contributed by atoms with E-state index in [1.165, 1.54) is 0 Å². The first-order valence-corrected chi connectivity index (χ1v) is 5.57. The van der Waals surface area contributed by atoms with Crippen LogP contribution < -0.4 is 11.1 Å². The van der Waals surface area contributed by atoms with Crippen LogP contribution in [0, 0.1) is 0 Å². The molecule has 0 unspecified atom stereocenters. The van der Waals surface area contributed by atoms with Crippen LogP contribution in [0.4, 0.5) is 0 Å². The number of benzene rings is 1. The van der Waals surface area contributed by atoms with Crippen LogP contribution in [0.25, 0.3) is 0 Å². The van der Waals surface area contributed by atoms with E-state index in [1.807, 2.05) is 24.3 Å². The minimum absolute atomic E-state index is 0.353. The van der Waals surface area contributed by atoms with Crippen LogP contribution in [0.1, 0.15) is 25.0 Å². The zero-order valence-electron chi connectivity index (χ0n) is 10.6. The average molecular weight is 236 g/mol. The molecule has 0 saturated carbocycles. The Labute approximate surface area is 102 Å². The van der Waals surface area contributed by atoms with E-state index in [2.05, 4.69) is 5.32 Å². The second-order valence-corrected chi connectivity index (χ2v) is 4.59. The first kappa shape index (κ1) is 13.7. The number of nitrogens with one attached hydrogen (secondary N) is 1. The maximum Gasteiger partial charge on any atom is 0.237 e. The molecule has 0 aliphatic heterocycles. The molecule has 3 N–H and O–H groups in total. The minimum Gasteiger partial charge on any atom is -0.380 e. The van der Waals surface area contributed by atoms with Gasteiger partial charge < -0.3 is 10.5 Å². The summed E-state index contributed by atoms with van der Waals surface area (Å²) in [7, 11) is 1.67. The number of ether oxygens (including phenoxy) is 1. The fraction of sp³-hybridized carbons (Fsp3) is 0.462. The van der Waals surface area contributed by atoms with E-state index < -0.39 is 5.54 Å². The largest absolute Gasteiger partial charge is 0.380 e. The van der Waals surface area contributed by atoms with Crippen molar-refractivity contribution >= 4 is 5.91 Å². The van der Waals surface area contributed by atoms with Gasteiger partial charge in [-0.05, 0) is 25.0 Å². The number of rotatable bonds is 6. The van der Waals surface area contributed by atoms with Gasteiger partial charge in [0, 0.05) is 13.7 Å². The first-order chi connectivity index (χ1) is 7.95. The third kappa shape index (κ3) is 4.17. The highest BCUT2D eigenvalue weighted by Gasteiger charge is 2.23. The van der Waals surface area contributed by atoms with Gasteiger partial charge in [-0.1, -0.05) is 24.3 Å². The predicted molar refractivity (Wildman–Crippen MR) is 67.3 cm³/mol. The smallest absolute Gasteiger partial charge is 0.237 e. The molecule has 17 heavy (non-hydrogen) atoms. The van der Waals surface area contributed by atoms with Gasteiger partial charge in [0.15, 0.2) is 0 Å². The molecule has 1 aromatic rings. The molecule has 1 amide bonds. The molecule has 4 heteroatoms. The Morgan fingerprint density at radius 1 is 1.29 bits per heavy atom. The lowest BCUT2D eigenvalue weighted by molar-refractivity contribution is -0.123. The highest BCUT2D eigenvalue weighted by molar-refractivity contribution is 5.83. The fourth-order valence-electron chi connectivity index (χ4n) is 1.33. The van der Waals surface area contributed by atoms with Gasteiger partial charge in [-0.3, -0.25) is 10.1 Å². The Hall–Kier alpha value is -1.39. The lowest BCUT2D eigenvalue weighted by atomic mass is 10.0. The second-order valence-electron chi connectivity index (χ2n) is 4.59. The monoisotopic (exact) mass is 236 g/mol. The van der Waals surface area contributed by atoms with E-state index in [-0.39, 0.29) is 5.91 Å². The standard InChI is InChI=1S/C13H20N2O2/c1-13(2,12(14)16)15-8-10-4-6-11(7-5-10)9-17-3/h4-7,15H,8-9H2,1-3H3,(H2,14,16). The number of carbonyl (C=O) groups is 1. The number of nitrogens with two attached hydrogens (primary N) is 1. The fourth-order valence-corrected chi connectivity index (χ4v) is 1.33. The van der Waals surface area contributed by atoms with E-state index in [0.29, 0.717) is 13.2 Å². The highest BCUT2D eigenvalue weighted by Crippen LogP contribution is 2.08. The lowest BCUT2D eigenvalue weighted by Gasteiger charge is -2.22. The normalized spacial score (nSPS) is 11.5. The van der Waals surface area contributed by atoms with Crippen LogP contribution in [0.3, 0.4) is 0 Å². The van der Waals surface area contributed by atoms with Gasteiger partial charge in [-0.15, -0.1) is 0 Å². The molecule has 0 spiro atoms. The van der Waals surface area contributed by atoms with Crippen molar-refractivity contribution in [1.29, 1.82) is 0 Å². The maximum absolute atomic E-state index is 11.1. The van der Waals surface area contributed by atoms with Crippen LogP contribution in [0.5, 0.6) is 0 Å². The molecule has 0 bridgehead atoms. The second kappa shape index (κ2) is 5.80. The Balaban J connectivity index is 2.55. The molecular weight excluding hydrogens is 216 g/mol. The summed E-state index contributed by atoms with van der Waals surface area (Å²) in [5, 5.41) is 3.12. The van der Waals surface area contributed by atoms with E-state index in [4.69, 9.17) is 10.5 Å². The molecule has 0 heterocycles. The van der Waals surface area contributed by atoms with Crippen molar-refractivity contribution in [1.82, 2.24) is 5.32 Å². The molecule has 4 nitrogen and oxygen atoms in total. The number of carbonyl (C=O) groups excluding carboxylic acids is 1. The molecule has 0 fully saturated rings. The van der Waals surface area contributed by atoms with Gasteiger partial charge in [-0.2, -0.15) is 0 Å². The summed E-state index contributed by atoms with van der Waals surface area (Å²) < 4.78 is 5.04. The summed E-state index contributed by atoms with van der Waals surface area (Å²) in [6.45, 7) is 4.77. The van der Waals surface area contributed by atoms with Crippen molar-refractivity contribution in [2.75, 3.05) is 7.11 Å². The van der Waals surface area contributed by atoms with Crippen LogP contribution in [0.15, 0.2) is 24.3 Å². The van der Waals surface area contributed by atoms with Gasteiger partial charge in [0.2, 0.25) is 5.91 Å². The summed E-state index contributed by atoms with van der Waals surface area (Å²) in [5.74, 6) is -0.353. The summed E-state index contributed by atoms with van der Waals surface area (Å²) in [6, 6.07) is 8.05. The third-order valence-electron chi connectivity index (χ3n) is 2.68. The number of hydrogen-bond acceptors (Lipinski definition) is 3. The Bertz CT molecular complexity index is 372. The van der Waals surface area contributed by atoms with Crippen LogP contribution in [-0.2, 0) is 22.7 Å². The summed E-state index contributed by atoms with van der Waals surface area (Å²) >= 11 is 0. The lowest BCUT2D eigenvalue weighted by Crippen LogP contribution is -2.50. The molecule has 1 aromatic carbocycles. The summed E-state index contributed by atoms with van der Waals surface area (Å²) in [5.41, 5.74) is 6.83. The number of hydrogen-bond donors (Lipinski definition) is 2. The molecule has 1 rings (SSSR count). The highest BCUT2D eigenvalue weighted by atomic mass is 16.5. The molecule has 94 valence electrons. The van der Waals surface area contributed by atoms with Crippen LogP contribution in [-0.4, -0.2) is 18.6 Å². The quantitative estimate of drug-likeness (QED) is 0.779. The van der Waals surface area contributed by atoms with Gasteiger partial charge in [0.05, 0.1) is 12.1 Å². The number of methoxy groups -OCH3 is 1. The Morgan fingerprint density at radius 2 is 1.82 bits per heavy atom. The van der Waals surface area contributed by atoms with E-state index in [0.717, 1.165) is 11.1 Å². The van der Waals surface area contributed by atoms with Crippen molar-refractivity contribution in [3.63, 3.8) is 0 Å². The van der Waals surface area contributed by atoms with Crippen molar-refractivity contribution < 1.29 is 9.53 Å². The minimum atomic E-state index is -0.689. The molecule has 0 aromatic heterocycles. The van der Waals surface area contributed by atoms with Crippen molar-refractivity contribution in [2.45, 2.75) is 32.5 Å². The summed E-state index contributed by atoms with van der Waals surface area (Å²) in [6.07, 6.45) is 0. The molecule has 0 aliphatic carbocycles. The maximum atomic E-state index is 11.1. The van der Waals surface area contributed by atoms with Gasteiger partial charge in [0.1, 0.15) is 0 Å². The predicted octanol–water partition coefficient (Wildman–Crippen LogP) is 1.19. The zero-order valence-corrected chi connectivity index (χ0v) is 10.6. The molecule has 0 aliphatic rings. The van der Waals surface area contributed by atoms with E-state index in [9.17, 15) is 4.79 Å². The van der Waals surface area contributed by atoms with E-state index >= 15 is 0 Å². The Kier molecular flexibility index (Phi) is 4.66. The van der Waals surface area contributed by atoms with Gasteiger partial charge in [0.25, 0.3) is 0 Å². The van der Waals surface area contributed by atoms with Gasteiger partial charge >= 0.3 is 0 Å². The van der Waals surface area contributed by atoms with E-state index in [1.54, 1.807) is 21.0 Å². The zero-order chi connectivity index (χ0) is 12.9. The van der Waals surface area contributed by atoms with Crippen molar-refractivity contribution in [2.24, 2.45) is 5.73 Å². The van der Waals surface area contributed by atoms with Gasteiger partial charge in [-0.25, -0.2) is 0 Å². The first-order valence-electron chi connectivity index (χ1n) is 5.57. The summed E-state index contributed by atoms with van der Waals surface area (Å²) in [4.78, 5) is 11.1. The van der Waals surface area contributed by atoms with Crippen molar-refractivity contribution in [3.05, 3.63) is 35.4 Å². The molecular formula is C13H20N2O2. The third-order valence-corrected chi connectivity index (χ3v) is 2.68. The number of primary amides is 1. The topological polar surface area (TPSA) is 64.3 Å². The molecule has 0 saturated heterocycles. The molecule has 0 radical (unpaired) electrons. The van der Waals surface area contributed by atoms with Crippen molar-refractivity contribution in [3.8, 4) is 0 Å².